The first-order chi connectivity index (χ1) is 17.6. The summed E-state index contributed by atoms with van der Waals surface area (Å²) in [7, 11) is -4.99. The first-order valence-electron chi connectivity index (χ1n) is 11.7. The molecule has 0 radical (unpaired) electrons. The molecule has 1 saturated heterocycles. The van der Waals surface area contributed by atoms with E-state index in [-0.39, 0.29) is 23.4 Å². The van der Waals surface area contributed by atoms with E-state index in [1.54, 1.807) is 24.8 Å². The molecule has 0 spiro atoms. The Hall–Kier alpha value is -2.85. The average molecular weight is 563 g/mol. The van der Waals surface area contributed by atoms with Crippen molar-refractivity contribution < 1.29 is 36.3 Å². The number of nitrogens with one attached hydrogen (secondary N) is 1. The first-order valence-corrected chi connectivity index (χ1v) is 14.0. The van der Waals surface area contributed by atoms with Crippen LogP contribution in [0, 0.1) is 0 Å². The van der Waals surface area contributed by atoms with E-state index in [9.17, 15) is 26.8 Å². The van der Waals surface area contributed by atoms with E-state index in [4.69, 9.17) is 9.47 Å². The lowest BCUT2D eigenvalue weighted by Gasteiger charge is -2.42. The molecule has 1 aliphatic carbocycles. The van der Waals surface area contributed by atoms with Crippen LogP contribution in [-0.4, -0.2) is 79.1 Å². The van der Waals surface area contributed by atoms with Crippen molar-refractivity contribution in [1.82, 2.24) is 19.8 Å². The summed E-state index contributed by atoms with van der Waals surface area (Å²) in [6.45, 7) is 6.09. The Bertz CT molecular complexity index is 1190. The lowest BCUT2D eigenvalue weighted by atomic mass is 9.87. The molecule has 0 saturated carbocycles. The normalized spacial score (nSPS) is 22.0. The Morgan fingerprint density at radius 1 is 1.22 bits per heavy atom. The van der Waals surface area contributed by atoms with Crippen molar-refractivity contribution >= 4 is 38.4 Å². The monoisotopic (exact) mass is 562 g/mol. The lowest BCUT2D eigenvalue weighted by molar-refractivity contribution is -0.149. The number of hydrogen-bond donors (Lipinski definition) is 1. The number of halogens is 2. The van der Waals surface area contributed by atoms with Gasteiger partial charge in [0, 0.05) is 12.2 Å². The zero-order valence-corrected chi connectivity index (χ0v) is 22.1. The van der Waals surface area contributed by atoms with E-state index in [1.807, 2.05) is 11.6 Å². The maximum absolute atomic E-state index is 13.2. The molecule has 2 heterocycles. The molecule has 3 atom stereocenters. The van der Waals surface area contributed by atoms with Gasteiger partial charge in [0.2, 0.25) is 5.01 Å². The van der Waals surface area contributed by atoms with Gasteiger partial charge in [0.05, 0.1) is 19.3 Å². The van der Waals surface area contributed by atoms with Crippen LogP contribution >= 0.6 is 11.3 Å². The first kappa shape index (κ1) is 28.7. The summed E-state index contributed by atoms with van der Waals surface area (Å²) < 4.78 is 62.5. The minimum Gasteiger partial charge on any atom is -0.464 e. The molecule has 204 valence electrons. The predicted octanol–water partition coefficient (Wildman–Crippen LogP) is 2.94. The number of likely N-dealkylation sites (tertiary alicyclic amines) is 1. The lowest BCUT2D eigenvalue weighted by Crippen LogP contribution is -2.49. The van der Waals surface area contributed by atoms with E-state index >= 15 is 0 Å². The van der Waals surface area contributed by atoms with Crippen molar-refractivity contribution in [3.05, 3.63) is 28.4 Å². The number of hydrogen-bond acceptors (Lipinski definition) is 12. The number of carbonyl (C=O) groups is 2. The molecular formula is C21H28F2N6O6S2. The van der Waals surface area contributed by atoms with Gasteiger partial charge in [-0.2, -0.15) is 13.9 Å². The molecule has 3 unspecified atom stereocenters. The van der Waals surface area contributed by atoms with Gasteiger partial charge >= 0.3 is 17.7 Å². The van der Waals surface area contributed by atoms with Crippen LogP contribution in [-0.2, 0) is 24.3 Å². The van der Waals surface area contributed by atoms with Gasteiger partial charge in [-0.25, -0.2) is 22.7 Å². The molecule has 16 heteroatoms. The highest BCUT2D eigenvalue weighted by Gasteiger charge is 2.39. The van der Waals surface area contributed by atoms with Crippen molar-refractivity contribution in [2.75, 3.05) is 19.8 Å². The maximum Gasteiger partial charge on any atom is 0.369 e. The molecule has 1 aliphatic heterocycles. The SMILES string of the molecule is CCCN1C2=CC(NS(=O)(=O)C(F)F)C(N=Nc3nnc(C(=O)OCC)s3)C=C2CCC1C(=O)OCC. The highest BCUT2D eigenvalue weighted by Crippen LogP contribution is 2.36. The minimum absolute atomic E-state index is 0.00493. The van der Waals surface area contributed by atoms with Gasteiger partial charge in [0.25, 0.3) is 15.2 Å². The van der Waals surface area contributed by atoms with Crippen LogP contribution in [0.2, 0.25) is 0 Å². The highest BCUT2D eigenvalue weighted by atomic mass is 32.2. The van der Waals surface area contributed by atoms with E-state index in [0.29, 0.717) is 31.5 Å². The maximum atomic E-state index is 13.2. The molecule has 37 heavy (non-hydrogen) atoms. The van der Waals surface area contributed by atoms with Crippen LogP contribution in [0.5, 0.6) is 0 Å². The van der Waals surface area contributed by atoms with Crippen LogP contribution in [0.4, 0.5) is 13.9 Å². The molecular weight excluding hydrogens is 534 g/mol. The fourth-order valence-corrected chi connectivity index (χ4v) is 5.23. The fourth-order valence-electron chi connectivity index (χ4n) is 3.98. The van der Waals surface area contributed by atoms with Crippen molar-refractivity contribution in [3.8, 4) is 0 Å². The van der Waals surface area contributed by atoms with Crippen LogP contribution in [0.25, 0.3) is 0 Å². The zero-order valence-electron chi connectivity index (χ0n) is 20.5. The third kappa shape index (κ3) is 6.93. The summed E-state index contributed by atoms with van der Waals surface area (Å²) in [5.74, 6) is -4.74. The van der Waals surface area contributed by atoms with E-state index < -0.39 is 45.8 Å². The van der Waals surface area contributed by atoms with Crippen molar-refractivity contribution in [1.29, 1.82) is 0 Å². The second-order valence-corrected chi connectivity index (χ2v) is 10.6. The molecule has 2 aliphatic rings. The number of aromatic nitrogens is 2. The largest absolute Gasteiger partial charge is 0.464 e. The molecule has 0 aromatic carbocycles. The number of rotatable bonds is 11. The Labute approximate surface area is 216 Å². The fraction of sp³-hybridized carbons (Fsp3) is 0.619. The van der Waals surface area contributed by atoms with Gasteiger partial charge in [-0.05, 0) is 44.8 Å². The second-order valence-electron chi connectivity index (χ2n) is 8.01. The van der Waals surface area contributed by atoms with Crippen LogP contribution in [0.3, 0.4) is 0 Å². The molecule has 12 nitrogen and oxygen atoms in total. The van der Waals surface area contributed by atoms with Gasteiger partial charge in [-0.1, -0.05) is 24.3 Å². The molecule has 0 bridgehead atoms. The second kappa shape index (κ2) is 12.6. The van der Waals surface area contributed by atoms with Gasteiger partial charge in [0.15, 0.2) is 0 Å². The van der Waals surface area contributed by atoms with Crippen LogP contribution < -0.4 is 4.72 Å². The number of alkyl halides is 2. The number of ether oxygens (including phenoxy) is 2. The molecule has 1 fully saturated rings. The number of sulfonamides is 1. The number of carbonyl (C=O) groups excluding carboxylic acids is 2. The summed E-state index contributed by atoms with van der Waals surface area (Å²) >= 11 is 0.815. The van der Waals surface area contributed by atoms with Gasteiger partial charge < -0.3 is 14.4 Å². The van der Waals surface area contributed by atoms with E-state index in [0.717, 1.165) is 16.9 Å². The summed E-state index contributed by atoms with van der Waals surface area (Å²) in [5, 5.41) is 15.5. The number of piperidine rings is 1. The topological polar surface area (TPSA) is 153 Å². The highest BCUT2D eigenvalue weighted by molar-refractivity contribution is 7.89. The number of esters is 2. The van der Waals surface area contributed by atoms with E-state index in [1.165, 1.54) is 6.08 Å². The van der Waals surface area contributed by atoms with Crippen molar-refractivity contribution in [2.24, 2.45) is 10.2 Å². The summed E-state index contributed by atoms with van der Waals surface area (Å²) in [5.41, 5.74) is 1.33. The molecule has 1 aromatic rings. The van der Waals surface area contributed by atoms with Crippen LogP contribution in [0.1, 0.15) is 49.8 Å². The number of allylic oxidation sites excluding steroid dienone is 1. The average Bonchev–Trinajstić information content (AvgIpc) is 3.32. The Morgan fingerprint density at radius 3 is 2.59 bits per heavy atom. The van der Waals surface area contributed by atoms with Crippen molar-refractivity contribution in [3.63, 3.8) is 0 Å². The Kier molecular flexibility index (Phi) is 9.78. The molecule has 1 aromatic heterocycles. The van der Waals surface area contributed by atoms with Crippen molar-refractivity contribution in [2.45, 2.75) is 63.9 Å². The third-order valence-corrected chi connectivity index (χ3v) is 7.34. The Balaban J connectivity index is 1.94. The number of nitrogens with zero attached hydrogens (tertiary/aromatic N) is 5. The quantitative estimate of drug-likeness (QED) is 0.317. The summed E-state index contributed by atoms with van der Waals surface area (Å²) in [6, 6.07) is -2.80. The van der Waals surface area contributed by atoms with Gasteiger partial charge in [0.1, 0.15) is 12.1 Å². The predicted molar refractivity (Wildman–Crippen MR) is 129 cm³/mol. The van der Waals surface area contributed by atoms with E-state index in [2.05, 4.69) is 20.4 Å². The van der Waals surface area contributed by atoms with Gasteiger partial charge in [-0.15, -0.1) is 15.3 Å². The third-order valence-electron chi connectivity index (χ3n) is 5.48. The molecule has 3 rings (SSSR count). The zero-order chi connectivity index (χ0) is 27.2. The smallest absolute Gasteiger partial charge is 0.369 e. The standard InChI is InChI=1S/C21H28F2N6O6S2/c1-4-9-29-15(18(30)34-5-2)8-7-12-10-13(14(11-16(12)29)28-37(32,33)20(22)23)24-26-21-27-25-17(36-21)19(31)35-6-3/h10-11,13-15,20,28H,4-9H2,1-3H3. The molecule has 0 amide bonds. The summed E-state index contributed by atoms with van der Waals surface area (Å²) in [4.78, 5) is 26.2. The number of fused-ring (bicyclic) bond motifs is 1. The minimum atomic E-state index is -4.99. The summed E-state index contributed by atoms with van der Waals surface area (Å²) in [6.07, 6.45) is 4.70. The van der Waals surface area contributed by atoms with Gasteiger partial charge in [-0.3, -0.25) is 0 Å². The number of azo groups is 1. The molecule has 1 N–H and O–H groups in total. The van der Waals surface area contributed by atoms with Crippen LogP contribution in [0.15, 0.2) is 33.7 Å². The Morgan fingerprint density at radius 2 is 1.95 bits per heavy atom.